The highest BCUT2D eigenvalue weighted by Gasteiger charge is 2.46. The van der Waals surface area contributed by atoms with Crippen LogP contribution in [0.3, 0.4) is 0 Å². The van der Waals surface area contributed by atoms with Crippen molar-refractivity contribution in [1.82, 2.24) is 5.32 Å². The summed E-state index contributed by atoms with van der Waals surface area (Å²) in [5.74, 6) is -1.86. The molecule has 0 amide bonds. The maximum atomic E-state index is 14.4. The van der Waals surface area contributed by atoms with E-state index >= 15 is 0 Å². The van der Waals surface area contributed by atoms with Gasteiger partial charge in [-0.05, 0) is 47.2 Å². The maximum absolute atomic E-state index is 14.4. The fourth-order valence-corrected chi connectivity index (χ4v) is 6.35. The van der Waals surface area contributed by atoms with E-state index in [1.807, 2.05) is 153 Å². The molecule has 246 valence electrons. The molecule has 0 aliphatic heterocycles. The Morgan fingerprint density at radius 2 is 1.17 bits per heavy atom. The third-order valence-corrected chi connectivity index (χ3v) is 9.01. The first-order valence-corrected chi connectivity index (χ1v) is 16.5. The summed E-state index contributed by atoms with van der Waals surface area (Å²) in [6.07, 6.45) is 0.376. The van der Waals surface area contributed by atoms with Crippen LogP contribution in [0.5, 0.6) is 0 Å². The number of hydrogen-bond acceptors (Lipinski definition) is 6. The minimum absolute atomic E-state index is 0.0525. The van der Waals surface area contributed by atoms with Crippen LogP contribution in [0.2, 0.25) is 5.02 Å². The SMILES string of the molecule is CCC(C(N)C(=O)OCc1ccccc1)C(NC(c1ccccc1)(c1ccc(C)cc1)c1ccccc1Cl)C(=O)OCc1ccccc1. The predicted octanol–water partition coefficient (Wildman–Crippen LogP) is 7.74. The van der Waals surface area contributed by atoms with Gasteiger partial charge in [0.2, 0.25) is 0 Å². The van der Waals surface area contributed by atoms with Crippen molar-refractivity contribution in [2.24, 2.45) is 11.7 Å². The Morgan fingerprint density at radius 3 is 1.71 bits per heavy atom. The summed E-state index contributed by atoms with van der Waals surface area (Å²) in [7, 11) is 0. The molecule has 0 aliphatic rings. The number of nitrogens with one attached hydrogen (secondary N) is 1. The van der Waals surface area contributed by atoms with Crippen LogP contribution in [-0.4, -0.2) is 24.0 Å². The van der Waals surface area contributed by atoms with E-state index in [-0.39, 0.29) is 13.2 Å². The number of hydrogen-bond donors (Lipinski definition) is 2. The van der Waals surface area contributed by atoms with Gasteiger partial charge < -0.3 is 15.2 Å². The zero-order valence-corrected chi connectivity index (χ0v) is 28.0. The highest BCUT2D eigenvalue weighted by atomic mass is 35.5. The van der Waals surface area contributed by atoms with Crippen LogP contribution < -0.4 is 11.1 Å². The van der Waals surface area contributed by atoms with Crippen molar-refractivity contribution >= 4 is 23.5 Å². The van der Waals surface area contributed by atoms with Crippen molar-refractivity contribution in [2.45, 2.75) is 51.1 Å². The summed E-state index contributed by atoms with van der Waals surface area (Å²) in [5.41, 5.74) is 10.8. The molecule has 48 heavy (non-hydrogen) atoms. The van der Waals surface area contributed by atoms with Gasteiger partial charge in [-0.2, -0.15) is 0 Å². The summed E-state index contributed by atoms with van der Waals surface area (Å²) in [6, 6.07) is 42.2. The minimum Gasteiger partial charge on any atom is -0.460 e. The second-order valence-corrected chi connectivity index (χ2v) is 12.3. The second-order valence-electron chi connectivity index (χ2n) is 11.9. The number of ether oxygens (including phenoxy) is 2. The maximum Gasteiger partial charge on any atom is 0.323 e. The van der Waals surface area contributed by atoms with E-state index in [2.05, 4.69) is 5.32 Å². The van der Waals surface area contributed by atoms with Gasteiger partial charge in [-0.25, -0.2) is 0 Å². The van der Waals surface area contributed by atoms with Gasteiger partial charge in [0.05, 0.1) is 5.54 Å². The first-order valence-electron chi connectivity index (χ1n) is 16.2. The average Bonchev–Trinajstić information content (AvgIpc) is 3.13. The molecule has 0 radical (unpaired) electrons. The first kappa shape index (κ1) is 34.6. The van der Waals surface area contributed by atoms with E-state index in [1.165, 1.54) is 0 Å². The number of benzene rings is 5. The fourth-order valence-electron chi connectivity index (χ4n) is 6.07. The lowest BCUT2D eigenvalue weighted by atomic mass is 9.75. The molecule has 0 aromatic heterocycles. The Bertz CT molecular complexity index is 1770. The van der Waals surface area contributed by atoms with E-state index in [0.717, 1.165) is 33.4 Å². The summed E-state index contributed by atoms with van der Waals surface area (Å²) in [6.45, 7) is 4.04. The first-order chi connectivity index (χ1) is 23.3. The molecule has 0 saturated heterocycles. The number of carbonyl (C=O) groups is 2. The normalized spacial score (nSPS) is 14.2. The molecule has 4 unspecified atom stereocenters. The van der Waals surface area contributed by atoms with Crippen LogP contribution in [0.15, 0.2) is 140 Å². The summed E-state index contributed by atoms with van der Waals surface area (Å²) in [4.78, 5) is 28.0. The number of aryl methyl sites for hydroxylation is 1. The number of halogens is 1. The highest BCUT2D eigenvalue weighted by Crippen LogP contribution is 2.41. The molecule has 0 heterocycles. The minimum atomic E-state index is -1.15. The number of nitrogens with two attached hydrogens (primary N) is 1. The monoisotopic (exact) mass is 660 g/mol. The van der Waals surface area contributed by atoms with E-state index in [4.69, 9.17) is 26.8 Å². The quantitative estimate of drug-likeness (QED) is 0.0936. The summed E-state index contributed by atoms with van der Waals surface area (Å²) >= 11 is 7.01. The van der Waals surface area contributed by atoms with Crippen LogP contribution in [0.4, 0.5) is 0 Å². The Labute approximate surface area is 287 Å². The van der Waals surface area contributed by atoms with Crippen LogP contribution in [-0.2, 0) is 37.8 Å². The van der Waals surface area contributed by atoms with Crippen molar-refractivity contribution in [2.75, 3.05) is 0 Å². The second kappa shape index (κ2) is 16.4. The molecule has 6 nitrogen and oxygen atoms in total. The molecule has 0 saturated carbocycles. The molecular weight excluding hydrogens is 620 g/mol. The van der Waals surface area contributed by atoms with E-state index in [0.29, 0.717) is 11.4 Å². The molecule has 0 aliphatic carbocycles. The van der Waals surface area contributed by atoms with Gasteiger partial charge in [0.1, 0.15) is 25.3 Å². The smallest absolute Gasteiger partial charge is 0.323 e. The number of esters is 2. The Morgan fingerprint density at radius 1 is 0.688 bits per heavy atom. The van der Waals surface area contributed by atoms with Gasteiger partial charge >= 0.3 is 11.9 Å². The highest BCUT2D eigenvalue weighted by molar-refractivity contribution is 6.31. The van der Waals surface area contributed by atoms with Gasteiger partial charge in [-0.3, -0.25) is 14.9 Å². The zero-order chi connectivity index (χ0) is 33.9. The lowest BCUT2D eigenvalue weighted by Crippen LogP contribution is -2.59. The largest absolute Gasteiger partial charge is 0.460 e. The molecule has 5 aromatic carbocycles. The lowest BCUT2D eigenvalue weighted by molar-refractivity contribution is -0.153. The van der Waals surface area contributed by atoms with Gasteiger partial charge in [-0.15, -0.1) is 0 Å². The topological polar surface area (TPSA) is 90.7 Å². The van der Waals surface area contributed by atoms with Crippen molar-refractivity contribution in [3.8, 4) is 0 Å². The summed E-state index contributed by atoms with van der Waals surface area (Å²) in [5, 5.41) is 4.23. The lowest BCUT2D eigenvalue weighted by Gasteiger charge is -2.42. The van der Waals surface area contributed by atoms with E-state index in [9.17, 15) is 9.59 Å². The van der Waals surface area contributed by atoms with E-state index in [1.54, 1.807) is 0 Å². The van der Waals surface area contributed by atoms with E-state index < -0.39 is 35.5 Å². The zero-order valence-electron chi connectivity index (χ0n) is 27.2. The number of rotatable bonds is 14. The molecule has 5 rings (SSSR count). The van der Waals surface area contributed by atoms with Crippen LogP contribution in [0.25, 0.3) is 0 Å². The molecule has 4 atom stereocenters. The third kappa shape index (κ3) is 8.03. The third-order valence-electron chi connectivity index (χ3n) is 8.68. The average molecular weight is 661 g/mol. The molecule has 7 heteroatoms. The van der Waals surface area contributed by atoms with Crippen LogP contribution in [0.1, 0.15) is 46.7 Å². The molecular formula is C41H41ClN2O4. The molecule has 3 N–H and O–H groups in total. The summed E-state index contributed by atoms with van der Waals surface area (Å²) < 4.78 is 11.7. The fraction of sp³-hybridized carbons (Fsp3) is 0.220. The Kier molecular flexibility index (Phi) is 11.8. The van der Waals surface area contributed by atoms with Crippen molar-refractivity contribution in [3.05, 3.63) is 178 Å². The van der Waals surface area contributed by atoms with Crippen LogP contribution >= 0.6 is 11.6 Å². The van der Waals surface area contributed by atoms with Crippen molar-refractivity contribution in [1.29, 1.82) is 0 Å². The molecule has 0 bridgehead atoms. The standard InChI is InChI=1S/C41H41ClN2O4/c1-3-34(37(43)39(45)47-27-30-15-7-4-8-16-30)38(40(46)48-28-31-17-9-5-10-18-31)44-41(32-19-11-6-12-20-32,33-25-23-29(2)24-26-33)35-21-13-14-22-36(35)42/h4-26,34,37-38,44H,3,27-28,43H2,1-2H3. The van der Waals surface area contributed by atoms with Crippen molar-refractivity contribution in [3.63, 3.8) is 0 Å². The number of carbonyl (C=O) groups excluding carboxylic acids is 2. The Hall–Kier alpha value is -4.75. The molecule has 5 aromatic rings. The van der Waals surface area contributed by atoms with Crippen molar-refractivity contribution < 1.29 is 19.1 Å². The van der Waals surface area contributed by atoms with Crippen LogP contribution in [0, 0.1) is 12.8 Å². The molecule has 0 spiro atoms. The van der Waals surface area contributed by atoms with Gasteiger partial charge in [0, 0.05) is 10.9 Å². The van der Waals surface area contributed by atoms with Gasteiger partial charge in [0.15, 0.2) is 0 Å². The molecule has 0 fully saturated rings. The van der Waals surface area contributed by atoms with Gasteiger partial charge in [0.25, 0.3) is 0 Å². The van der Waals surface area contributed by atoms with Gasteiger partial charge in [-0.1, -0.05) is 158 Å². The Balaban J connectivity index is 1.62. The predicted molar refractivity (Wildman–Crippen MR) is 190 cm³/mol.